The molecule has 0 saturated carbocycles. The van der Waals surface area contributed by atoms with Gasteiger partial charge < -0.3 is 38.5 Å². The van der Waals surface area contributed by atoms with Crippen LogP contribution in [0.5, 0.6) is 23.0 Å². The molecule has 0 spiro atoms. The molecule has 0 unspecified atom stereocenters. The van der Waals surface area contributed by atoms with Crippen molar-refractivity contribution in [3.05, 3.63) is 117 Å². The van der Waals surface area contributed by atoms with Crippen LogP contribution < -0.4 is 18.9 Å². The van der Waals surface area contributed by atoms with Crippen LogP contribution in [0.1, 0.15) is 58.4 Å². The van der Waals surface area contributed by atoms with Crippen LogP contribution in [0.15, 0.2) is 72.8 Å². The van der Waals surface area contributed by atoms with Gasteiger partial charge in [-0.05, 0) is 135 Å². The van der Waals surface area contributed by atoms with E-state index in [9.17, 15) is 0 Å². The average Bonchev–Trinajstić information content (AvgIpc) is 3.21. The quantitative estimate of drug-likeness (QED) is 0.211. The molecule has 4 heterocycles. The van der Waals surface area contributed by atoms with E-state index in [0.29, 0.717) is 0 Å². The average molecular weight is 739 g/mol. The number of hydrogen-bond donors (Lipinski definition) is 0. The molecule has 294 valence electrons. The van der Waals surface area contributed by atoms with Gasteiger partial charge in [0.05, 0.1) is 28.4 Å². The van der Waals surface area contributed by atoms with Crippen molar-refractivity contribution in [2.75, 3.05) is 82.8 Å². The van der Waals surface area contributed by atoms with Crippen LogP contribution in [0.2, 0.25) is 0 Å². The third-order valence-corrected chi connectivity index (χ3v) is 10.5. The summed E-state index contributed by atoms with van der Waals surface area (Å²) in [5, 5.41) is 0. The number of fused-ring (bicyclic) bond motifs is 4. The zero-order chi connectivity index (χ0) is 39.0. The van der Waals surface area contributed by atoms with E-state index in [0.717, 1.165) is 81.5 Å². The maximum Gasteiger partial charge on any atom is 0.161 e. The summed E-state index contributed by atoms with van der Waals surface area (Å²) < 4.78 is 21.0. The van der Waals surface area contributed by atoms with E-state index in [1.54, 1.807) is 28.4 Å². The van der Waals surface area contributed by atoms with Gasteiger partial charge in [-0.3, -0.25) is 0 Å². The molecule has 8 rings (SSSR count). The van der Waals surface area contributed by atoms with Gasteiger partial charge in [0, 0.05) is 52.4 Å². The summed E-state index contributed by atoms with van der Waals surface area (Å²) in [7, 11) is 15.4. The van der Waals surface area contributed by atoms with E-state index >= 15 is 0 Å². The predicted octanol–water partition coefficient (Wildman–Crippen LogP) is 7.76. The van der Waals surface area contributed by atoms with Crippen molar-refractivity contribution in [1.82, 2.24) is 19.6 Å². The molecule has 4 aromatic carbocycles. The van der Waals surface area contributed by atoms with Crippen LogP contribution in [0.3, 0.4) is 0 Å². The fourth-order valence-electron chi connectivity index (χ4n) is 7.26. The Morgan fingerprint density at radius 1 is 0.370 bits per heavy atom. The molecule has 0 amide bonds. The summed E-state index contributed by atoms with van der Waals surface area (Å²) in [6, 6.07) is 25.6. The highest BCUT2D eigenvalue weighted by Gasteiger charge is 2.17. The van der Waals surface area contributed by atoms with Crippen LogP contribution in [-0.2, 0) is 51.9 Å². The number of rotatable bonds is 4. The molecule has 0 bridgehead atoms. The zero-order valence-electron chi connectivity index (χ0n) is 34.8. The number of hydrogen-bond acceptors (Lipinski definition) is 8. The lowest BCUT2D eigenvalue weighted by Crippen LogP contribution is -2.26. The van der Waals surface area contributed by atoms with Gasteiger partial charge in [0.15, 0.2) is 11.5 Å². The second kappa shape index (κ2) is 21.7. The van der Waals surface area contributed by atoms with E-state index in [-0.39, 0.29) is 0 Å². The van der Waals surface area contributed by atoms with Gasteiger partial charge in [-0.25, -0.2) is 0 Å². The van der Waals surface area contributed by atoms with Gasteiger partial charge in [0.25, 0.3) is 0 Å². The van der Waals surface area contributed by atoms with E-state index in [4.69, 9.17) is 18.9 Å². The second-order valence-corrected chi connectivity index (χ2v) is 14.5. The minimum atomic E-state index is 0.826. The van der Waals surface area contributed by atoms with Crippen molar-refractivity contribution >= 4 is 0 Å². The Balaban J connectivity index is 0.000000159. The number of benzene rings is 4. The fraction of sp³-hybridized carbons (Fsp3) is 0.478. The van der Waals surface area contributed by atoms with Crippen LogP contribution in [0.25, 0.3) is 0 Å². The summed E-state index contributed by atoms with van der Waals surface area (Å²) in [4.78, 5) is 9.35. The Labute approximate surface area is 326 Å². The molecule has 0 radical (unpaired) electrons. The number of nitrogens with zero attached hydrogens (tertiary/aromatic N) is 4. The van der Waals surface area contributed by atoms with Crippen molar-refractivity contribution in [3.63, 3.8) is 0 Å². The lowest BCUT2D eigenvalue weighted by Gasteiger charge is -2.26. The smallest absolute Gasteiger partial charge is 0.161 e. The number of ether oxygens (including phenoxy) is 4. The Hall–Kier alpha value is -4.08. The Kier molecular flexibility index (Phi) is 17.2. The van der Waals surface area contributed by atoms with Gasteiger partial charge in [-0.15, -0.1) is 0 Å². The Bertz CT molecular complexity index is 1740. The van der Waals surface area contributed by atoms with Crippen molar-refractivity contribution in [3.8, 4) is 23.0 Å². The van der Waals surface area contributed by atoms with Crippen LogP contribution in [0.4, 0.5) is 0 Å². The first-order valence-electron chi connectivity index (χ1n) is 19.6. The third-order valence-electron chi connectivity index (χ3n) is 10.5. The van der Waals surface area contributed by atoms with Crippen molar-refractivity contribution in [2.24, 2.45) is 0 Å². The monoisotopic (exact) mass is 739 g/mol. The molecule has 8 heteroatoms. The molecule has 0 atom stereocenters. The van der Waals surface area contributed by atoms with E-state index in [1.165, 1.54) is 64.0 Å². The molecule has 0 N–H and O–H groups in total. The summed E-state index contributed by atoms with van der Waals surface area (Å²) in [6.45, 7) is 12.9. The fourth-order valence-corrected chi connectivity index (χ4v) is 7.26. The first kappa shape index (κ1) is 42.7. The highest BCUT2D eigenvalue weighted by Crippen LogP contribution is 2.33. The molecule has 0 aliphatic carbocycles. The van der Waals surface area contributed by atoms with Crippen LogP contribution >= 0.6 is 0 Å². The number of methoxy groups -OCH3 is 4. The maximum absolute atomic E-state index is 5.29. The topological polar surface area (TPSA) is 49.9 Å². The van der Waals surface area contributed by atoms with E-state index < -0.39 is 0 Å². The number of likely N-dealkylation sites (N-methyl/N-ethyl adjacent to an activating group) is 4. The molecule has 4 aliphatic rings. The lowest BCUT2D eigenvalue weighted by molar-refractivity contribution is 0.308. The minimum Gasteiger partial charge on any atom is -0.497 e. The standard InChI is InChI=1S/C12H17NO2.2C11H15NO.C10H13N.C2H6/c1-13-5-4-9-6-11(14-2)12(15-3)7-10(9)8-13;1-12-6-5-9-7-11(13-2)4-3-10(9)8-12;1-12-6-5-9-3-4-11(13-2)7-10(9)8-12;1-11-7-6-9-4-2-3-5-10(9)8-11;1-2/h6-7H,4-5,8H2,1-3H3;2*3-4,7H,5-6,8H2,1-2H3;2-5H,6-8H2,1H3;1-2H3. The minimum absolute atomic E-state index is 0.826. The molecule has 54 heavy (non-hydrogen) atoms. The molecular formula is C46H66N4O4. The molecule has 0 saturated heterocycles. The lowest BCUT2D eigenvalue weighted by atomic mass is 9.99. The van der Waals surface area contributed by atoms with Gasteiger partial charge >= 0.3 is 0 Å². The highest BCUT2D eigenvalue weighted by molar-refractivity contribution is 5.48. The molecule has 4 aliphatic heterocycles. The van der Waals surface area contributed by atoms with Gasteiger partial charge in [0.2, 0.25) is 0 Å². The van der Waals surface area contributed by atoms with E-state index in [1.807, 2.05) is 26.0 Å². The normalized spacial score (nSPS) is 16.3. The van der Waals surface area contributed by atoms with Crippen LogP contribution in [-0.4, -0.2) is 102 Å². The van der Waals surface area contributed by atoms with Crippen molar-refractivity contribution in [2.45, 2.75) is 65.7 Å². The largest absolute Gasteiger partial charge is 0.497 e. The summed E-state index contributed by atoms with van der Waals surface area (Å²) in [5.74, 6) is 3.60. The van der Waals surface area contributed by atoms with Crippen LogP contribution in [0, 0.1) is 0 Å². The van der Waals surface area contributed by atoms with Gasteiger partial charge in [-0.2, -0.15) is 0 Å². The highest BCUT2D eigenvalue weighted by atomic mass is 16.5. The molecule has 0 fully saturated rings. The Morgan fingerprint density at radius 3 is 1.19 bits per heavy atom. The zero-order valence-corrected chi connectivity index (χ0v) is 34.8. The first-order chi connectivity index (χ1) is 26.2. The van der Waals surface area contributed by atoms with Gasteiger partial charge in [0.1, 0.15) is 11.5 Å². The van der Waals surface area contributed by atoms with Crippen molar-refractivity contribution in [1.29, 1.82) is 0 Å². The maximum atomic E-state index is 5.29. The summed E-state index contributed by atoms with van der Waals surface area (Å²) in [6.07, 6.45) is 4.61. The first-order valence-corrected chi connectivity index (χ1v) is 19.6. The molecule has 0 aromatic heterocycles. The molecular weight excluding hydrogens is 673 g/mol. The molecule has 8 nitrogen and oxygen atoms in total. The second-order valence-electron chi connectivity index (χ2n) is 14.5. The SMILES string of the molecule is CC.CN1CCc2ccccc2C1.COc1cc2c(cc1OC)CN(C)CC2.COc1ccc2c(c1)CCN(C)C2.COc1ccc2c(c1)CN(C)CC2. The summed E-state index contributed by atoms with van der Waals surface area (Å²) in [5.41, 5.74) is 11.5. The Morgan fingerprint density at radius 2 is 0.704 bits per heavy atom. The molecule has 4 aromatic rings. The summed E-state index contributed by atoms with van der Waals surface area (Å²) >= 11 is 0. The third kappa shape index (κ3) is 12.2. The van der Waals surface area contributed by atoms with Gasteiger partial charge in [-0.1, -0.05) is 50.2 Å². The van der Waals surface area contributed by atoms with E-state index in [2.05, 4.69) is 108 Å². The van der Waals surface area contributed by atoms with Crippen molar-refractivity contribution < 1.29 is 18.9 Å². The predicted molar refractivity (Wildman–Crippen MR) is 223 cm³/mol.